The Hall–Kier alpha value is -1.75. The van der Waals surface area contributed by atoms with Crippen molar-refractivity contribution in [1.82, 2.24) is 5.32 Å². The molecule has 1 atom stereocenters. The maximum atomic E-state index is 12.0. The zero-order valence-corrected chi connectivity index (χ0v) is 11.3. The van der Waals surface area contributed by atoms with Crippen LogP contribution in [0.5, 0.6) is 11.5 Å². The molecular formula is C14H20N2O3. The Morgan fingerprint density at radius 2 is 2.21 bits per heavy atom. The molecule has 0 saturated carbocycles. The van der Waals surface area contributed by atoms with Crippen LogP contribution in [0, 0.1) is 11.8 Å². The first-order valence-corrected chi connectivity index (χ1v) is 6.48. The van der Waals surface area contributed by atoms with Gasteiger partial charge < -0.3 is 20.5 Å². The first-order valence-electron chi connectivity index (χ1n) is 6.48. The highest BCUT2D eigenvalue weighted by atomic mass is 16.7. The molecule has 3 N–H and O–H groups in total. The number of carbonyl (C=O) groups is 1. The number of hydrogen-bond donors (Lipinski definition) is 2. The minimum Gasteiger partial charge on any atom is -0.454 e. The summed E-state index contributed by atoms with van der Waals surface area (Å²) in [6.45, 7) is 5.00. The molecule has 0 aromatic heterocycles. The van der Waals surface area contributed by atoms with E-state index in [1.807, 2.05) is 32.0 Å². The third-order valence-corrected chi connectivity index (χ3v) is 3.33. The fourth-order valence-corrected chi connectivity index (χ4v) is 2.13. The molecule has 5 heteroatoms. The van der Waals surface area contributed by atoms with Gasteiger partial charge in [-0.25, -0.2) is 0 Å². The van der Waals surface area contributed by atoms with Gasteiger partial charge in [-0.3, -0.25) is 4.79 Å². The first kappa shape index (κ1) is 13.7. The molecule has 0 aliphatic carbocycles. The zero-order valence-electron chi connectivity index (χ0n) is 11.3. The van der Waals surface area contributed by atoms with Crippen molar-refractivity contribution >= 4 is 5.91 Å². The van der Waals surface area contributed by atoms with Gasteiger partial charge in [0.15, 0.2) is 11.5 Å². The highest BCUT2D eigenvalue weighted by molar-refractivity contribution is 5.79. The van der Waals surface area contributed by atoms with E-state index in [9.17, 15) is 4.79 Å². The van der Waals surface area contributed by atoms with Crippen LogP contribution < -0.4 is 20.5 Å². The summed E-state index contributed by atoms with van der Waals surface area (Å²) in [5.74, 6) is 1.50. The summed E-state index contributed by atoms with van der Waals surface area (Å²) in [6, 6.07) is 5.66. The molecule has 1 amide bonds. The Labute approximate surface area is 113 Å². The van der Waals surface area contributed by atoms with E-state index in [4.69, 9.17) is 15.2 Å². The highest BCUT2D eigenvalue weighted by Crippen LogP contribution is 2.35. The smallest absolute Gasteiger partial charge is 0.231 e. The summed E-state index contributed by atoms with van der Waals surface area (Å²) in [6.07, 6.45) is 0. The Kier molecular flexibility index (Phi) is 4.27. The molecule has 1 aromatic rings. The second kappa shape index (κ2) is 5.93. The van der Waals surface area contributed by atoms with Crippen LogP contribution >= 0.6 is 0 Å². The fourth-order valence-electron chi connectivity index (χ4n) is 2.13. The minimum atomic E-state index is -0.158. The second-order valence-electron chi connectivity index (χ2n) is 4.95. The molecule has 0 saturated heterocycles. The molecule has 1 aliphatic heterocycles. The van der Waals surface area contributed by atoms with E-state index in [1.54, 1.807) is 0 Å². The van der Waals surface area contributed by atoms with Crippen molar-refractivity contribution in [3.8, 4) is 11.5 Å². The van der Waals surface area contributed by atoms with Gasteiger partial charge in [0.2, 0.25) is 12.7 Å². The van der Waals surface area contributed by atoms with Crippen LogP contribution in [0.1, 0.15) is 19.4 Å². The highest BCUT2D eigenvalue weighted by Gasteiger charge is 2.22. The van der Waals surface area contributed by atoms with Crippen molar-refractivity contribution in [1.29, 1.82) is 0 Å². The minimum absolute atomic E-state index is 0.0194. The number of nitrogens with one attached hydrogen (secondary N) is 1. The van der Waals surface area contributed by atoms with Gasteiger partial charge in [0.05, 0.1) is 5.92 Å². The molecule has 0 fully saturated rings. The predicted octanol–water partition coefficient (Wildman–Crippen LogP) is 1.26. The molecule has 0 bridgehead atoms. The predicted molar refractivity (Wildman–Crippen MR) is 71.8 cm³/mol. The van der Waals surface area contributed by atoms with Gasteiger partial charge in [0, 0.05) is 18.7 Å². The Bertz CT molecular complexity index is 460. The summed E-state index contributed by atoms with van der Waals surface area (Å²) in [5.41, 5.74) is 6.55. The van der Waals surface area contributed by atoms with E-state index in [0.29, 0.717) is 13.1 Å². The number of ether oxygens (including phenoxy) is 2. The van der Waals surface area contributed by atoms with Gasteiger partial charge in [-0.15, -0.1) is 0 Å². The van der Waals surface area contributed by atoms with Crippen LogP contribution in [0.15, 0.2) is 18.2 Å². The van der Waals surface area contributed by atoms with Crippen LogP contribution in [-0.2, 0) is 11.3 Å². The molecule has 1 unspecified atom stereocenters. The number of para-hydroxylation sites is 1. The van der Waals surface area contributed by atoms with Crippen molar-refractivity contribution in [2.24, 2.45) is 17.6 Å². The van der Waals surface area contributed by atoms with Gasteiger partial charge in [-0.1, -0.05) is 26.0 Å². The lowest BCUT2D eigenvalue weighted by Gasteiger charge is -2.18. The van der Waals surface area contributed by atoms with Crippen molar-refractivity contribution < 1.29 is 14.3 Å². The molecule has 1 aromatic carbocycles. The van der Waals surface area contributed by atoms with Crippen LogP contribution in [0.2, 0.25) is 0 Å². The monoisotopic (exact) mass is 264 g/mol. The van der Waals surface area contributed by atoms with E-state index in [-0.39, 0.29) is 24.5 Å². The number of amides is 1. The summed E-state index contributed by atoms with van der Waals surface area (Å²) in [5, 5.41) is 2.91. The lowest BCUT2D eigenvalue weighted by atomic mass is 9.95. The fraction of sp³-hybridized carbons (Fsp3) is 0.500. The van der Waals surface area contributed by atoms with Crippen molar-refractivity contribution in [2.75, 3.05) is 13.3 Å². The van der Waals surface area contributed by atoms with Gasteiger partial charge >= 0.3 is 0 Å². The quantitative estimate of drug-likeness (QED) is 0.839. The lowest BCUT2D eigenvalue weighted by Crippen LogP contribution is -2.37. The second-order valence-corrected chi connectivity index (χ2v) is 4.95. The SMILES string of the molecule is CC(C)C(CN)C(=O)NCc1cccc2c1OCO2. The first-order chi connectivity index (χ1) is 9.13. The largest absolute Gasteiger partial charge is 0.454 e. The summed E-state index contributed by atoms with van der Waals surface area (Å²) in [7, 11) is 0. The maximum Gasteiger partial charge on any atom is 0.231 e. The molecule has 0 radical (unpaired) electrons. The average molecular weight is 264 g/mol. The van der Waals surface area contributed by atoms with Gasteiger partial charge in [0.25, 0.3) is 0 Å². The molecule has 1 aliphatic rings. The Morgan fingerprint density at radius 1 is 1.42 bits per heavy atom. The van der Waals surface area contributed by atoms with Crippen molar-refractivity contribution in [3.63, 3.8) is 0 Å². The Balaban J connectivity index is 2.00. The topological polar surface area (TPSA) is 73.6 Å². The van der Waals surface area contributed by atoms with Gasteiger partial charge in [-0.05, 0) is 12.0 Å². The third kappa shape index (κ3) is 2.98. The lowest BCUT2D eigenvalue weighted by molar-refractivity contribution is -0.126. The van der Waals surface area contributed by atoms with E-state index < -0.39 is 0 Å². The van der Waals surface area contributed by atoms with E-state index in [2.05, 4.69) is 5.32 Å². The number of benzene rings is 1. The third-order valence-electron chi connectivity index (χ3n) is 3.33. The average Bonchev–Trinajstić information content (AvgIpc) is 2.85. The molecule has 1 heterocycles. The van der Waals surface area contributed by atoms with E-state index >= 15 is 0 Å². The molecule has 104 valence electrons. The number of nitrogens with two attached hydrogens (primary N) is 1. The summed E-state index contributed by atoms with van der Waals surface area (Å²) in [4.78, 5) is 12.0. The maximum absolute atomic E-state index is 12.0. The zero-order chi connectivity index (χ0) is 13.8. The standard InChI is InChI=1S/C14H20N2O3/c1-9(2)11(6-15)14(17)16-7-10-4-3-5-12-13(10)19-8-18-12/h3-5,9,11H,6-8,15H2,1-2H3,(H,16,17). The summed E-state index contributed by atoms with van der Waals surface area (Å²) >= 11 is 0. The van der Waals surface area contributed by atoms with Gasteiger partial charge in [0.1, 0.15) is 0 Å². The van der Waals surface area contributed by atoms with Crippen LogP contribution in [0.3, 0.4) is 0 Å². The van der Waals surface area contributed by atoms with Gasteiger partial charge in [-0.2, -0.15) is 0 Å². The number of carbonyl (C=O) groups excluding carboxylic acids is 1. The van der Waals surface area contributed by atoms with Crippen LogP contribution in [-0.4, -0.2) is 19.2 Å². The van der Waals surface area contributed by atoms with Crippen LogP contribution in [0.25, 0.3) is 0 Å². The number of hydrogen-bond acceptors (Lipinski definition) is 4. The molecular weight excluding hydrogens is 244 g/mol. The molecule has 2 rings (SSSR count). The molecule has 0 spiro atoms. The van der Waals surface area contributed by atoms with Crippen molar-refractivity contribution in [3.05, 3.63) is 23.8 Å². The van der Waals surface area contributed by atoms with E-state index in [1.165, 1.54) is 0 Å². The normalized spacial score (nSPS) is 14.5. The van der Waals surface area contributed by atoms with Crippen LogP contribution in [0.4, 0.5) is 0 Å². The van der Waals surface area contributed by atoms with E-state index in [0.717, 1.165) is 17.1 Å². The number of fused-ring (bicyclic) bond motifs is 1. The Morgan fingerprint density at radius 3 is 2.89 bits per heavy atom. The summed E-state index contributed by atoms with van der Waals surface area (Å²) < 4.78 is 10.7. The molecule has 5 nitrogen and oxygen atoms in total. The number of rotatable bonds is 5. The molecule has 19 heavy (non-hydrogen) atoms. The van der Waals surface area contributed by atoms with Crippen molar-refractivity contribution in [2.45, 2.75) is 20.4 Å².